The van der Waals surface area contributed by atoms with Gasteiger partial charge in [-0.2, -0.15) is 0 Å². The summed E-state index contributed by atoms with van der Waals surface area (Å²) in [6.45, 7) is 5.75. The highest BCUT2D eigenvalue weighted by atomic mass is 79.9. The number of phenols is 1. The molecule has 0 aromatic heterocycles. The summed E-state index contributed by atoms with van der Waals surface area (Å²) in [5.41, 5.74) is 1.18. The van der Waals surface area contributed by atoms with E-state index in [1.165, 1.54) is 31.5 Å². The second-order valence-corrected chi connectivity index (χ2v) is 5.19. The fourth-order valence-corrected chi connectivity index (χ4v) is 2.67. The average Bonchev–Trinajstić information content (AvgIpc) is 2.78. The summed E-state index contributed by atoms with van der Waals surface area (Å²) in [6, 6.07) is 3.90. The van der Waals surface area contributed by atoms with Crippen LogP contribution in [0, 0.1) is 0 Å². The summed E-state index contributed by atoms with van der Waals surface area (Å²) in [4.78, 5) is 2.43. The smallest absolute Gasteiger partial charge is 0.172 e. The van der Waals surface area contributed by atoms with Gasteiger partial charge in [0.05, 0.1) is 11.1 Å². The van der Waals surface area contributed by atoms with E-state index in [2.05, 4.69) is 20.8 Å². The summed E-state index contributed by atoms with van der Waals surface area (Å²) in [7, 11) is 0. The number of phenolic OH excluding ortho intramolecular Hbond substituents is 1. The molecule has 2 rings (SSSR count). The molecule has 1 aliphatic rings. The molecule has 0 atom stereocenters. The van der Waals surface area contributed by atoms with Crippen molar-refractivity contribution < 1.29 is 9.84 Å². The Morgan fingerprint density at radius 1 is 1.35 bits per heavy atom. The highest BCUT2D eigenvalue weighted by Crippen LogP contribution is 2.36. The quantitative estimate of drug-likeness (QED) is 0.927. The van der Waals surface area contributed by atoms with Crippen LogP contribution in [0.1, 0.15) is 25.3 Å². The van der Waals surface area contributed by atoms with E-state index in [0.29, 0.717) is 16.8 Å². The van der Waals surface area contributed by atoms with Gasteiger partial charge in [-0.05, 0) is 66.5 Å². The summed E-state index contributed by atoms with van der Waals surface area (Å²) >= 11 is 3.37. The van der Waals surface area contributed by atoms with E-state index >= 15 is 0 Å². The van der Waals surface area contributed by atoms with E-state index < -0.39 is 0 Å². The van der Waals surface area contributed by atoms with E-state index in [1.54, 1.807) is 0 Å². The molecule has 1 heterocycles. The second-order valence-electron chi connectivity index (χ2n) is 4.34. The maximum absolute atomic E-state index is 9.83. The van der Waals surface area contributed by atoms with Crippen LogP contribution in [0.3, 0.4) is 0 Å². The molecule has 1 aromatic rings. The Labute approximate surface area is 111 Å². The maximum Gasteiger partial charge on any atom is 0.172 e. The molecular weight excluding hydrogens is 282 g/mol. The second kappa shape index (κ2) is 5.74. The first kappa shape index (κ1) is 12.7. The fourth-order valence-electron chi connectivity index (χ4n) is 2.18. The first-order valence-electron chi connectivity index (χ1n) is 6.07. The Kier molecular flexibility index (Phi) is 4.29. The maximum atomic E-state index is 9.83. The molecule has 3 nitrogen and oxygen atoms in total. The van der Waals surface area contributed by atoms with Crippen LogP contribution >= 0.6 is 15.9 Å². The number of nitrogens with zero attached hydrogens (tertiary/aromatic N) is 1. The molecule has 1 N–H and O–H groups in total. The van der Waals surface area contributed by atoms with Crippen LogP contribution in [-0.4, -0.2) is 29.7 Å². The molecule has 0 bridgehead atoms. The van der Waals surface area contributed by atoms with Gasteiger partial charge in [0.15, 0.2) is 11.5 Å². The van der Waals surface area contributed by atoms with Crippen molar-refractivity contribution in [2.75, 3.05) is 19.7 Å². The van der Waals surface area contributed by atoms with Crippen molar-refractivity contribution in [2.45, 2.75) is 26.3 Å². The Balaban J connectivity index is 2.16. The van der Waals surface area contributed by atoms with E-state index in [9.17, 15) is 5.11 Å². The summed E-state index contributed by atoms with van der Waals surface area (Å²) in [5, 5.41) is 9.83. The summed E-state index contributed by atoms with van der Waals surface area (Å²) in [5.74, 6) is 0.757. The molecule has 17 heavy (non-hydrogen) atoms. The van der Waals surface area contributed by atoms with Gasteiger partial charge >= 0.3 is 0 Å². The van der Waals surface area contributed by atoms with Gasteiger partial charge in [-0.1, -0.05) is 0 Å². The Morgan fingerprint density at radius 2 is 2.06 bits per heavy atom. The van der Waals surface area contributed by atoms with Gasteiger partial charge < -0.3 is 9.84 Å². The van der Waals surface area contributed by atoms with E-state index in [4.69, 9.17) is 4.74 Å². The van der Waals surface area contributed by atoms with Crippen LogP contribution in [0.4, 0.5) is 0 Å². The molecule has 0 radical (unpaired) electrons. The standard InChI is InChI=1S/C13H18BrNO2/c1-2-17-12-8-10(7-11(14)13(12)16)9-15-5-3-4-6-15/h7-8,16H,2-6,9H2,1H3. The molecule has 0 amide bonds. The molecule has 0 saturated carbocycles. The summed E-state index contributed by atoms with van der Waals surface area (Å²) in [6.07, 6.45) is 2.58. The molecule has 94 valence electrons. The zero-order valence-corrected chi connectivity index (χ0v) is 11.7. The number of aromatic hydroxyl groups is 1. The predicted molar refractivity (Wildman–Crippen MR) is 71.5 cm³/mol. The zero-order valence-electron chi connectivity index (χ0n) is 10.1. The number of likely N-dealkylation sites (tertiary alicyclic amines) is 1. The highest BCUT2D eigenvalue weighted by molar-refractivity contribution is 9.10. The largest absolute Gasteiger partial charge is 0.503 e. The number of hydrogen-bond acceptors (Lipinski definition) is 3. The third-order valence-corrected chi connectivity index (χ3v) is 3.60. The number of benzene rings is 1. The summed E-state index contributed by atoms with van der Waals surface area (Å²) < 4.78 is 6.13. The van der Waals surface area contributed by atoms with Gasteiger partial charge in [0.2, 0.25) is 0 Å². The van der Waals surface area contributed by atoms with Gasteiger partial charge in [-0.15, -0.1) is 0 Å². The normalized spacial score (nSPS) is 16.4. The lowest BCUT2D eigenvalue weighted by Crippen LogP contribution is -2.18. The van der Waals surface area contributed by atoms with Gasteiger partial charge in [0, 0.05) is 6.54 Å². The molecule has 1 aliphatic heterocycles. The zero-order chi connectivity index (χ0) is 12.3. The third-order valence-electron chi connectivity index (χ3n) is 2.99. The predicted octanol–water partition coefficient (Wildman–Crippen LogP) is 3.15. The van der Waals surface area contributed by atoms with Gasteiger partial charge in [-0.3, -0.25) is 4.90 Å². The lowest BCUT2D eigenvalue weighted by atomic mass is 10.2. The minimum Gasteiger partial charge on any atom is -0.503 e. The monoisotopic (exact) mass is 299 g/mol. The van der Waals surface area contributed by atoms with Crippen LogP contribution in [-0.2, 0) is 6.54 Å². The Hall–Kier alpha value is -0.740. The molecule has 1 aromatic carbocycles. The molecule has 4 heteroatoms. The van der Waals surface area contributed by atoms with Gasteiger partial charge in [-0.25, -0.2) is 0 Å². The van der Waals surface area contributed by atoms with Crippen molar-refractivity contribution >= 4 is 15.9 Å². The Bertz CT molecular complexity index is 389. The van der Waals surface area contributed by atoms with Crippen LogP contribution in [0.5, 0.6) is 11.5 Å². The molecule has 1 saturated heterocycles. The molecule has 1 fully saturated rings. The lowest BCUT2D eigenvalue weighted by molar-refractivity contribution is 0.311. The average molecular weight is 300 g/mol. The topological polar surface area (TPSA) is 32.7 Å². The first-order chi connectivity index (χ1) is 8.20. The highest BCUT2D eigenvalue weighted by Gasteiger charge is 2.14. The first-order valence-corrected chi connectivity index (χ1v) is 6.86. The van der Waals surface area contributed by atoms with Crippen molar-refractivity contribution in [3.63, 3.8) is 0 Å². The molecular formula is C13H18BrNO2. The Morgan fingerprint density at radius 3 is 2.71 bits per heavy atom. The van der Waals surface area contributed by atoms with Crippen LogP contribution < -0.4 is 4.74 Å². The van der Waals surface area contributed by atoms with Crippen LogP contribution in [0.25, 0.3) is 0 Å². The van der Waals surface area contributed by atoms with Crippen molar-refractivity contribution in [1.82, 2.24) is 4.90 Å². The van der Waals surface area contributed by atoms with Crippen molar-refractivity contribution in [2.24, 2.45) is 0 Å². The minimum absolute atomic E-state index is 0.192. The van der Waals surface area contributed by atoms with E-state index in [1.807, 2.05) is 19.1 Å². The minimum atomic E-state index is 0.192. The fraction of sp³-hybridized carbons (Fsp3) is 0.538. The van der Waals surface area contributed by atoms with Crippen molar-refractivity contribution in [3.05, 3.63) is 22.2 Å². The number of halogens is 1. The van der Waals surface area contributed by atoms with Crippen molar-refractivity contribution in [3.8, 4) is 11.5 Å². The lowest BCUT2D eigenvalue weighted by Gasteiger charge is -2.16. The van der Waals surface area contributed by atoms with Crippen LogP contribution in [0.15, 0.2) is 16.6 Å². The number of hydrogen-bond donors (Lipinski definition) is 1. The SMILES string of the molecule is CCOc1cc(CN2CCCC2)cc(Br)c1O. The molecule has 0 spiro atoms. The van der Waals surface area contributed by atoms with Crippen molar-refractivity contribution in [1.29, 1.82) is 0 Å². The number of rotatable bonds is 4. The van der Waals surface area contributed by atoms with E-state index in [0.717, 1.165) is 6.54 Å². The third kappa shape index (κ3) is 3.13. The van der Waals surface area contributed by atoms with Crippen LogP contribution in [0.2, 0.25) is 0 Å². The van der Waals surface area contributed by atoms with E-state index in [-0.39, 0.29) is 5.75 Å². The van der Waals surface area contributed by atoms with Gasteiger partial charge in [0.25, 0.3) is 0 Å². The number of ether oxygens (including phenoxy) is 1. The molecule has 0 unspecified atom stereocenters. The van der Waals surface area contributed by atoms with Gasteiger partial charge in [0.1, 0.15) is 0 Å². The molecule has 0 aliphatic carbocycles.